The topological polar surface area (TPSA) is 88.1 Å². The first-order chi connectivity index (χ1) is 8.20. The van der Waals surface area contributed by atoms with Crippen molar-refractivity contribution in [3.63, 3.8) is 0 Å². The standard InChI is InChI=1S/C11H13N3O3/c1-2-8(15)6-17-11(16)7-3-4-9-10(5-7)13-14-12-9/h3-5,8,15H,2,6H2,1H3,(H,12,13,14). The Morgan fingerprint density at radius 3 is 3.18 bits per heavy atom. The molecule has 0 saturated heterocycles. The summed E-state index contributed by atoms with van der Waals surface area (Å²) in [4.78, 5) is 11.6. The van der Waals surface area contributed by atoms with Gasteiger partial charge in [-0.3, -0.25) is 5.10 Å². The van der Waals surface area contributed by atoms with Crippen LogP contribution in [0.25, 0.3) is 11.0 Å². The summed E-state index contributed by atoms with van der Waals surface area (Å²) in [6.45, 7) is 1.83. The molecule has 90 valence electrons. The van der Waals surface area contributed by atoms with Crippen molar-refractivity contribution in [2.75, 3.05) is 6.61 Å². The molecule has 6 nitrogen and oxygen atoms in total. The van der Waals surface area contributed by atoms with Crippen LogP contribution >= 0.6 is 0 Å². The van der Waals surface area contributed by atoms with Gasteiger partial charge in [-0.15, -0.1) is 5.10 Å². The van der Waals surface area contributed by atoms with Gasteiger partial charge in [-0.05, 0) is 24.6 Å². The van der Waals surface area contributed by atoms with Crippen LogP contribution in [0.4, 0.5) is 0 Å². The van der Waals surface area contributed by atoms with Gasteiger partial charge in [0, 0.05) is 0 Å². The van der Waals surface area contributed by atoms with Crippen molar-refractivity contribution in [1.29, 1.82) is 0 Å². The number of esters is 1. The highest BCUT2D eigenvalue weighted by molar-refractivity contribution is 5.93. The number of nitrogens with one attached hydrogen (secondary N) is 1. The maximum Gasteiger partial charge on any atom is 0.338 e. The lowest BCUT2D eigenvalue weighted by Gasteiger charge is -2.08. The molecule has 0 amide bonds. The quantitative estimate of drug-likeness (QED) is 0.768. The highest BCUT2D eigenvalue weighted by atomic mass is 16.5. The van der Waals surface area contributed by atoms with Gasteiger partial charge in [0.2, 0.25) is 0 Å². The van der Waals surface area contributed by atoms with Gasteiger partial charge in [0.05, 0.1) is 17.2 Å². The maximum absolute atomic E-state index is 11.6. The number of rotatable bonds is 4. The fraction of sp³-hybridized carbons (Fsp3) is 0.364. The lowest BCUT2D eigenvalue weighted by atomic mass is 10.2. The first-order valence-electron chi connectivity index (χ1n) is 5.36. The third-order valence-corrected chi connectivity index (χ3v) is 2.44. The summed E-state index contributed by atoms with van der Waals surface area (Å²) in [5.41, 5.74) is 1.78. The smallest absolute Gasteiger partial charge is 0.338 e. The predicted molar refractivity (Wildman–Crippen MR) is 60.5 cm³/mol. The van der Waals surface area contributed by atoms with Gasteiger partial charge in [0.1, 0.15) is 12.1 Å². The van der Waals surface area contributed by atoms with Crippen molar-refractivity contribution >= 4 is 17.0 Å². The number of nitrogens with zero attached hydrogens (tertiary/aromatic N) is 2. The Labute approximate surface area is 97.6 Å². The Balaban J connectivity index is 2.08. The normalized spacial score (nSPS) is 12.6. The Kier molecular flexibility index (Phi) is 3.34. The average molecular weight is 235 g/mol. The van der Waals surface area contributed by atoms with Crippen LogP contribution < -0.4 is 0 Å². The fourth-order valence-corrected chi connectivity index (χ4v) is 1.35. The highest BCUT2D eigenvalue weighted by Gasteiger charge is 2.11. The molecule has 0 fully saturated rings. The van der Waals surface area contributed by atoms with E-state index in [1.165, 1.54) is 0 Å². The molecule has 0 aliphatic heterocycles. The van der Waals surface area contributed by atoms with Crippen LogP contribution in [0.2, 0.25) is 0 Å². The van der Waals surface area contributed by atoms with Crippen LogP contribution in [-0.4, -0.2) is 39.2 Å². The van der Waals surface area contributed by atoms with Gasteiger partial charge in [-0.25, -0.2) is 4.79 Å². The molecule has 1 unspecified atom stereocenters. The highest BCUT2D eigenvalue weighted by Crippen LogP contribution is 2.11. The van der Waals surface area contributed by atoms with E-state index in [4.69, 9.17) is 4.74 Å². The molecule has 2 rings (SSSR count). The molecule has 0 saturated carbocycles. The zero-order chi connectivity index (χ0) is 12.3. The second-order valence-electron chi connectivity index (χ2n) is 3.70. The minimum atomic E-state index is -0.614. The number of H-pyrrole nitrogens is 1. The number of benzene rings is 1. The van der Waals surface area contributed by atoms with Gasteiger partial charge in [-0.1, -0.05) is 12.1 Å². The fourth-order valence-electron chi connectivity index (χ4n) is 1.35. The molecule has 0 bridgehead atoms. The van der Waals surface area contributed by atoms with E-state index in [-0.39, 0.29) is 6.61 Å². The average Bonchev–Trinajstić information content (AvgIpc) is 2.82. The largest absolute Gasteiger partial charge is 0.459 e. The number of hydrogen-bond donors (Lipinski definition) is 2. The minimum absolute atomic E-state index is 0.00853. The number of aromatic nitrogens is 3. The summed E-state index contributed by atoms with van der Waals surface area (Å²) in [6, 6.07) is 4.92. The molecule has 6 heteroatoms. The Morgan fingerprint density at radius 1 is 1.59 bits per heavy atom. The van der Waals surface area contributed by atoms with Crippen LogP contribution in [0.3, 0.4) is 0 Å². The number of aliphatic hydroxyl groups excluding tert-OH is 1. The van der Waals surface area contributed by atoms with Crippen molar-refractivity contribution in [2.45, 2.75) is 19.4 Å². The molecule has 2 N–H and O–H groups in total. The van der Waals surface area contributed by atoms with Crippen LogP contribution in [0.5, 0.6) is 0 Å². The van der Waals surface area contributed by atoms with E-state index in [2.05, 4.69) is 15.4 Å². The Hall–Kier alpha value is -1.95. The van der Waals surface area contributed by atoms with Crippen LogP contribution in [0, 0.1) is 0 Å². The molecule has 0 aliphatic rings. The summed E-state index contributed by atoms with van der Waals surface area (Å²) in [5, 5.41) is 19.4. The Morgan fingerprint density at radius 2 is 2.41 bits per heavy atom. The number of hydrogen-bond acceptors (Lipinski definition) is 5. The summed E-state index contributed by atoms with van der Waals surface area (Å²) in [7, 11) is 0. The van der Waals surface area contributed by atoms with E-state index in [9.17, 15) is 9.90 Å². The number of aliphatic hydroxyl groups is 1. The second-order valence-corrected chi connectivity index (χ2v) is 3.70. The van der Waals surface area contributed by atoms with E-state index in [0.717, 1.165) is 0 Å². The molecule has 0 radical (unpaired) electrons. The lowest BCUT2D eigenvalue weighted by molar-refractivity contribution is 0.0250. The molecular weight excluding hydrogens is 222 g/mol. The number of ether oxygens (including phenoxy) is 1. The molecule has 1 aromatic heterocycles. The molecular formula is C11H13N3O3. The predicted octanol–water partition coefficient (Wildman–Crippen LogP) is 0.886. The van der Waals surface area contributed by atoms with E-state index in [1.807, 2.05) is 6.92 Å². The van der Waals surface area contributed by atoms with Crippen LogP contribution in [0.1, 0.15) is 23.7 Å². The number of carbonyl (C=O) groups is 1. The van der Waals surface area contributed by atoms with Crippen molar-refractivity contribution in [1.82, 2.24) is 15.4 Å². The van der Waals surface area contributed by atoms with Crippen LogP contribution in [0.15, 0.2) is 18.2 Å². The lowest BCUT2D eigenvalue weighted by Crippen LogP contribution is -2.17. The van der Waals surface area contributed by atoms with E-state index >= 15 is 0 Å². The van der Waals surface area contributed by atoms with Crippen LogP contribution in [-0.2, 0) is 4.74 Å². The van der Waals surface area contributed by atoms with Crippen molar-refractivity contribution in [3.8, 4) is 0 Å². The molecule has 0 aliphatic carbocycles. The summed E-state index contributed by atoms with van der Waals surface area (Å²) in [6.07, 6.45) is -0.0620. The summed E-state index contributed by atoms with van der Waals surface area (Å²) in [5.74, 6) is -0.464. The molecule has 1 heterocycles. The molecule has 0 spiro atoms. The van der Waals surface area contributed by atoms with E-state index in [1.54, 1.807) is 18.2 Å². The zero-order valence-electron chi connectivity index (χ0n) is 9.38. The van der Waals surface area contributed by atoms with Gasteiger partial charge < -0.3 is 9.84 Å². The zero-order valence-corrected chi connectivity index (χ0v) is 9.38. The number of aromatic amines is 1. The number of fused-ring (bicyclic) bond motifs is 1. The summed E-state index contributed by atoms with van der Waals surface area (Å²) >= 11 is 0. The van der Waals surface area contributed by atoms with Gasteiger partial charge in [-0.2, -0.15) is 0 Å². The monoisotopic (exact) mass is 235 g/mol. The van der Waals surface area contributed by atoms with Gasteiger partial charge in [0.25, 0.3) is 0 Å². The van der Waals surface area contributed by atoms with Crippen molar-refractivity contribution in [3.05, 3.63) is 23.8 Å². The van der Waals surface area contributed by atoms with Gasteiger partial charge in [0.15, 0.2) is 0 Å². The van der Waals surface area contributed by atoms with E-state index in [0.29, 0.717) is 23.0 Å². The minimum Gasteiger partial charge on any atom is -0.459 e. The molecule has 1 atom stereocenters. The third-order valence-electron chi connectivity index (χ3n) is 2.44. The maximum atomic E-state index is 11.6. The number of carbonyl (C=O) groups excluding carboxylic acids is 1. The molecule has 17 heavy (non-hydrogen) atoms. The third kappa shape index (κ3) is 2.59. The summed E-state index contributed by atoms with van der Waals surface area (Å²) < 4.78 is 4.96. The first-order valence-corrected chi connectivity index (χ1v) is 5.36. The Bertz CT molecular complexity index is 523. The SMILES string of the molecule is CCC(O)COC(=O)c1ccc2nn[nH]c2c1. The molecule has 1 aromatic carbocycles. The first kappa shape index (κ1) is 11.5. The van der Waals surface area contributed by atoms with Crippen molar-refractivity contribution < 1.29 is 14.6 Å². The molecule has 2 aromatic rings. The second kappa shape index (κ2) is 4.92. The van der Waals surface area contributed by atoms with E-state index < -0.39 is 12.1 Å². The van der Waals surface area contributed by atoms with Gasteiger partial charge >= 0.3 is 5.97 Å². The van der Waals surface area contributed by atoms with Crippen molar-refractivity contribution in [2.24, 2.45) is 0 Å².